The summed E-state index contributed by atoms with van der Waals surface area (Å²) >= 11 is 6.86. The molecule has 1 aliphatic heterocycles. The van der Waals surface area contributed by atoms with Gasteiger partial charge < -0.3 is 18.9 Å². The van der Waals surface area contributed by atoms with E-state index >= 15 is 0 Å². The second kappa shape index (κ2) is 13.9. The zero-order valence-electron chi connectivity index (χ0n) is 25.0. The highest BCUT2D eigenvalue weighted by Gasteiger charge is 2.35. The molecule has 1 aromatic heterocycles. The van der Waals surface area contributed by atoms with E-state index in [4.69, 9.17) is 18.9 Å². The highest BCUT2D eigenvalue weighted by Crippen LogP contribution is 2.38. The molecule has 0 N–H and O–H groups in total. The van der Waals surface area contributed by atoms with E-state index in [1.807, 2.05) is 18.2 Å². The SMILES string of the molecule is COc1ccc(Br)cc1[C@H]1C(C(=O)OC(C)C)=C(C)N=c2s/c(=C\c3cc(I)c(OCc4ccccc4F)c(OC)c3)c(=O)n21. The molecule has 0 fully saturated rings. The van der Waals surface area contributed by atoms with E-state index in [2.05, 4.69) is 43.5 Å². The average Bonchev–Trinajstić information content (AvgIpc) is 3.29. The molecule has 1 atom stereocenters. The fraction of sp³-hybridized carbons (Fsp3) is 0.242. The van der Waals surface area contributed by atoms with Crippen molar-refractivity contribution in [3.63, 3.8) is 0 Å². The van der Waals surface area contributed by atoms with E-state index in [9.17, 15) is 14.0 Å². The number of ether oxygens (including phenoxy) is 4. The van der Waals surface area contributed by atoms with Crippen molar-refractivity contribution in [3.05, 3.63) is 116 Å². The molecule has 0 radical (unpaired) electrons. The summed E-state index contributed by atoms with van der Waals surface area (Å²) in [6, 6.07) is 14.6. The molecule has 0 unspecified atom stereocenters. The lowest BCUT2D eigenvalue weighted by atomic mass is 9.95. The Balaban J connectivity index is 1.62. The molecule has 1 aliphatic rings. The first-order chi connectivity index (χ1) is 21.5. The topological polar surface area (TPSA) is 88.4 Å². The number of nitrogens with zero attached hydrogens (tertiary/aromatic N) is 2. The number of rotatable bonds is 9. The molecule has 4 aromatic rings. The molecule has 0 saturated carbocycles. The number of fused-ring (bicyclic) bond motifs is 1. The monoisotopic (exact) mass is 806 g/mol. The molecule has 3 aromatic carbocycles. The van der Waals surface area contributed by atoms with Crippen LogP contribution in [-0.2, 0) is 16.1 Å². The van der Waals surface area contributed by atoms with Gasteiger partial charge in [-0.15, -0.1) is 0 Å². The predicted octanol–water partition coefficient (Wildman–Crippen LogP) is 6.29. The Morgan fingerprint density at radius 1 is 1.13 bits per heavy atom. The van der Waals surface area contributed by atoms with Gasteiger partial charge in [0.05, 0.1) is 39.7 Å². The summed E-state index contributed by atoms with van der Waals surface area (Å²) < 4.78 is 40.4. The third kappa shape index (κ3) is 6.87. The fourth-order valence-corrected chi connectivity index (χ4v) is 7.16. The molecule has 234 valence electrons. The third-order valence-corrected chi connectivity index (χ3v) is 9.23. The number of esters is 1. The maximum absolute atomic E-state index is 14.2. The van der Waals surface area contributed by atoms with Crippen molar-refractivity contribution in [2.45, 2.75) is 39.5 Å². The van der Waals surface area contributed by atoms with Gasteiger partial charge in [-0.1, -0.05) is 45.5 Å². The smallest absolute Gasteiger partial charge is 0.338 e. The molecule has 45 heavy (non-hydrogen) atoms. The van der Waals surface area contributed by atoms with Crippen molar-refractivity contribution in [3.8, 4) is 17.2 Å². The van der Waals surface area contributed by atoms with Gasteiger partial charge >= 0.3 is 5.97 Å². The van der Waals surface area contributed by atoms with Gasteiger partial charge in [0, 0.05) is 15.6 Å². The number of thiazole rings is 1. The molecular formula is C33H29BrFIN2O6S. The molecule has 0 aliphatic carbocycles. The van der Waals surface area contributed by atoms with Gasteiger partial charge in [-0.25, -0.2) is 14.2 Å². The normalized spacial score (nSPS) is 14.7. The minimum absolute atomic E-state index is 0.0248. The van der Waals surface area contributed by atoms with Crippen molar-refractivity contribution in [1.82, 2.24) is 4.57 Å². The molecule has 0 spiro atoms. The van der Waals surface area contributed by atoms with Crippen LogP contribution in [0, 0.1) is 9.39 Å². The van der Waals surface area contributed by atoms with E-state index in [-0.39, 0.29) is 29.7 Å². The van der Waals surface area contributed by atoms with Crippen LogP contribution in [0.3, 0.4) is 0 Å². The van der Waals surface area contributed by atoms with Gasteiger partial charge in [0.15, 0.2) is 16.3 Å². The first-order valence-corrected chi connectivity index (χ1v) is 16.5. The first-order valence-electron chi connectivity index (χ1n) is 13.8. The number of benzene rings is 3. The summed E-state index contributed by atoms with van der Waals surface area (Å²) in [4.78, 5) is 32.7. The van der Waals surface area contributed by atoms with Crippen molar-refractivity contribution in [1.29, 1.82) is 0 Å². The van der Waals surface area contributed by atoms with Crippen LogP contribution in [0.15, 0.2) is 80.1 Å². The minimum Gasteiger partial charge on any atom is -0.496 e. The van der Waals surface area contributed by atoms with E-state index in [0.717, 1.165) is 4.47 Å². The molecule has 12 heteroatoms. The van der Waals surface area contributed by atoms with Crippen molar-refractivity contribution < 1.29 is 28.1 Å². The minimum atomic E-state index is -0.842. The van der Waals surface area contributed by atoms with Gasteiger partial charge in [-0.2, -0.15) is 0 Å². The maximum atomic E-state index is 14.2. The van der Waals surface area contributed by atoms with E-state index in [1.54, 1.807) is 57.2 Å². The molecular weight excluding hydrogens is 778 g/mol. The molecule has 0 amide bonds. The fourth-order valence-electron chi connectivity index (χ4n) is 4.95. The van der Waals surface area contributed by atoms with Crippen LogP contribution in [0.4, 0.5) is 4.39 Å². The van der Waals surface area contributed by atoms with Gasteiger partial charge in [0.1, 0.15) is 24.2 Å². The van der Waals surface area contributed by atoms with Gasteiger partial charge in [-0.3, -0.25) is 9.36 Å². The Labute approximate surface area is 285 Å². The van der Waals surface area contributed by atoms with Crippen LogP contribution in [0.25, 0.3) is 6.08 Å². The number of methoxy groups -OCH3 is 2. The van der Waals surface area contributed by atoms with Crippen LogP contribution < -0.4 is 29.1 Å². The second-order valence-corrected chi connectivity index (χ2v) is 13.4. The highest BCUT2D eigenvalue weighted by molar-refractivity contribution is 14.1. The zero-order chi connectivity index (χ0) is 32.4. The van der Waals surface area contributed by atoms with Crippen LogP contribution in [-0.4, -0.2) is 30.9 Å². The van der Waals surface area contributed by atoms with Crippen LogP contribution >= 0.6 is 49.9 Å². The molecule has 0 saturated heterocycles. The average molecular weight is 807 g/mol. The van der Waals surface area contributed by atoms with E-state index < -0.39 is 12.0 Å². The van der Waals surface area contributed by atoms with Crippen LogP contribution in [0.5, 0.6) is 17.2 Å². The number of aromatic nitrogens is 1. The Kier molecular flexibility index (Phi) is 10.1. The summed E-state index contributed by atoms with van der Waals surface area (Å²) in [6.07, 6.45) is 1.37. The molecule has 2 heterocycles. The summed E-state index contributed by atoms with van der Waals surface area (Å²) in [6.45, 7) is 5.29. The summed E-state index contributed by atoms with van der Waals surface area (Å²) in [5.74, 6) is 0.493. The molecule has 8 nitrogen and oxygen atoms in total. The number of carbonyl (C=O) groups excluding carboxylic acids is 1. The van der Waals surface area contributed by atoms with Gasteiger partial charge in [0.25, 0.3) is 5.56 Å². The van der Waals surface area contributed by atoms with E-state index in [0.29, 0.717) is 52.5 Å². The maximum Gasteiger partial charge on any atom is 0.338 e. The Morgan fingerprint density at radius 3 is 2.56 bits per heavy atom. The number of hydrogen-bond donors (Lipinski definition) is 0. The molecule has 5 rings (SSSR count). The zero-order valence-corrected chi connectivity index (χ0v) is 29.6. The number of allylic oxidation sites excluding steroid dienone is 1. The largest absolute Gasteiger partial charge is 0.496 e. The summed E-state index contributed by atoms with van der Waals surface area (Å²) in [7, 11) is 3.06. The Hall–Kier alpha value is -3.49. The van der Waals surface area contributed by atoms with Crippen LogP contribution in [0.1, 0.15) is 43.5 Å². The Bertz CT molecular complexity index is 2000. The number of hydrogen-bond acceptors (Lipinski definition) is 8. The quantitative estimate of drug-likeness (QED) is 0.146. The lowest BCUT2D eigenvalue weighted by Gasteiger charge is -2.26. The van der Waals surface area contributed by atoms with Crippen molar-refractivity contribution >= 4 is 61.9 Å². The Morgan fingerprint density at radius 2 is 1.87 bits per heavy atom. The van der Waals surface area contributed by atoms with Gasteiger partial charge in [-0.05, 0) is 91.4 Å². The standard InChI is InChI=1S/C33H29BrFIN2O6S/c1-17(2)44-32(40)28-18(3)37-33-38(29(28)22-15-21(34)10-11-25(22)41-4)31(39)27(45-33)14-19-12-24(36)30(26(13-19)42-5)43-16-20-8-6-7-9-23(20)35/h6-15,17,29H,16H2,1-5H3/b27-14-/t29-/m0/s1. The van der Waals surface area contributed by atoms with Crippen LogP contribution in [0.2, 0.25) is 0 Å². The first kappa shape index (κ1) is 32.9. The van der Waals surface area contributed by atoms with Crippen molar-refractivity contribution in [2.24, 2.45) is 4.99 Å². The second-order valence-electron chi connectivity index (χ2n) is 10.3. The lowest BCUT2D eigenvalue weighted by molar-refractivity contribution is -0.143. The predicted molar refractivity (Wildman–Crippen MR) is 182 cm³/mol. The number of halogens is 3. The highest BCUT2D eigenvalue weighted by atomic mass is 127. The van der Waals surface area contributed by atoms with Crippen molar-refractivity contribution in [2.75, 3.05) is 14.2 Å². The summed E-state index contributed by atoms with van der Waals surface area (Å²) in [5, 5.41) is 0. The van der Waals surface area contributed by atoms with Gasteiger partial charge in [0.2, 0.25) is 0 Å². The van der Waals surface area contributed by atoms with E-state index in [1.165, 1.54) is 36.2 Å². The third-order valence-electron chi connectivity index (χ3n) is 6.95. The molecule has 0 bridgehead atoms. The summed E-state index contributed by atoms with van der Waals surface area (Å²) in [5.41, 5.74) is 2.09. The lowest BCUT2D eigenvalue weighted by Crippen LogP contribution is -2.40. The number of carbonyl (C=O) groups is 1.